The molecular formula is C18H26N4O3. The zero-order chi connectivity index (χ0) is 18.4. The van der Waals surface area contributed by atoms with E-state index in [2.05, 4.69) is 35.5 Å². The van der Waals surface area contributed by atoms with Crippen molar-refractivity contribution in [3.63, 3.8) is 0 Å². The van der Waals surface area contributed by atoms with Gasteiger partial charge >= 0.3 is 6.03 Å². The van der Waals surface area contributed by atoms with Gasteiger partial charge < -0.3 is 20.1 Å². The van der Waals surface area contributed by atoms with E-state index in [0.717, 1.165) is 13.1 Å². The average Bonchev–Trinajstić information content (AvgIpc) is 2.99. The fourth-order valence-corrected chi connectivity index (χ4v) is 2.91. The van der Waals surface area contributed by atoms with Crippen molar-refractivity contribution in [1.29, 1.82) is 5.26 Å². The molecule has 1 fully saturated rings. The highest BCUT2D eigenvalue weighted by atomic mass is 16.5. The number of amides is 2. The third-order valence-electron chi connectivity index (χ3n) is 4.30. The predicted octanol–water partition coefficient (Wildman–Crippen LogP) is 2.19. The van der Waals surface area contributed by atoms with Crippen LogP contribution in [0.1, 0.15) is 26.3 Å². The molecule has 0 unspecified atom stereocenters. The van der Waals surface area contributed by atoms with E-state index in [1.807, 2.05) is 6.92 Å². The summed E-state index contributed by atoms with van der Waals surface area (Å²) in [6.07, 6.45) is -0.0388. The van der Waals surface area contributed by atoms with E-state index in [4.69, 9.17) is 9.47 Å². The molecule has 136 valence electrons. The summed E-state index contributed by atoms with van der Waals surface area (Å²) in [6, 6.07) is 7.09. The van der Waals surface area contributed by atoms with Crippen LogP contribution < -0.4 is 15.4 Å². The van der Waals surface area contributed by atoms with Gasteiger partial charge in [-0.25, -0.2) is 4.79 Å². The minimum atomic E-state index is -0.314. The van der Waals surface area contributed by atoms with Crippen molar-refractivity contribution in [3.05, 3.63) is 23.8 Å². The molecule has 1 aliphatic heterocycles. The van der Waals surface area contributed by atoms with Gasteiger partial charge in [-0.1, -0.05) is 0 Å². The Morgan fingerprint density at radius 2 is 2.20 bits per heavy atom. The quantitative estimate of drug-likeness (QED) is 0.824. The number of benzene rings is 1. The Balaban J connectivity index is 1.99. The van der Waals surface area contributed by atoms with Crippen LogP contribution in [0.15, 0.2) is 18.2 Å². The number of urea groups is 1. The van der Waals surface area contributed by atoms with Crippen molar-refractivity contribution in [1.82, 2.24) is 10.2 Å². The first-order valence-corrected chi connectivity index (χ1v) is 8.49. The predicted molar refractivity (Wildman–Crippen MR) is 95.8 cm³/mol. The van der Waals surface area contributed by atoms with Crippen LogP contribution in [-0.4, -0.2) is 55.9 Å². The minimum absolute atomic E-state index is 0.0388. The van der Waals surface area contributed by atoms with Gasteiger partial charge in [-0.05, 0) is 39.0 Å². The molecule has 2 N–H and O–H groups in total. The van der Waals surface area contributed by atoms with Crippen LogP contribution in [0.25, 0.3) is 0 Å². The third kappa shape index (κ3) is 4.84. The number of likely N-dealkylation sites (tertiary alicyclic amines) is 1. The molecule has 0 aliphatic carbocycles. The number of nitriles is 1. The Morgan fingerprint density at radius 1 is 1.44 bits per heavy atom. The fraction of sp³-hybridized carbons (Fsp3) is 0.556. The van der Waals surface area contributed by atoms with Crippen LogP contribution in [0.4, 0.5) is 10.5 Å². The smallest absolute Gasteiger partial charge is 0.319 e. The molecule has 2 rings (SSSR count). The average molecular weight is 346 g/mol. The lowest BCUT2D eigenvalue weighted by atomic mass is 10.2. The van der Waals surface area contributed by atoms with Crippen molar-refractivity contribution >= 4 is 11.7 Å². The number of nitrogens with one attached hydrogen (secondary N) is 2. The summed E-state index contributed by atoms with van der Waals surface area (Å²) in [5.74, 6) is 0.513. The largest absolute Gasteiger partial charge is 0.492 e. The first-order chi connectivity index (χ1) is 12.0. The molecule has 2 amide bonds. The van der Waals surface area contributed by atoms with Crippen LogP contribution in [0.5, 0.6) is 5.75 Å². The lowest BCUT2D eigenvalue weighted by molar-refractivity contribution is 0.0896. The van der Waals surface area contributed by atoms with E-state index >= 15 is 0 Å². The summed E-state index contributed by atoms with van der Waals surface area (Å²) in [7, 11) is 1.66. The molecule has 0 bridgehead atoms. The molecule has 7 heteroatoms. The zero-order valence-electron chi connectivity index (χ0n) is 15.2. The Bertz CT molecular complexity index is 642. The summed E-state index contributed by atoms with van der Waals surface area (Å²) in [5.41, 5.74) is 0.937. The zero-order valence-corrected chi connectivity index (χ0v) is 15.2. The number of hydrogen-bond donors (Lipinski definition) is 2. The second kappa shape index (κ2) is 8.70. The number of hydrogen-bond acceptors (Lipinski definition) is 5. The fourth-order valence-electron chi connectivity index (χ4n) is 2.91. The van der Waals surface area contributed by atoms with E-state index in [0.29, 0.717) is 29.6 Å². The Kier molecular flexibility index (Phi) is 6.62. The molecule has 0 spiro atoms. The Labute approximate surface area is 148 Å². The minimum Gasteiger partial charge on any atom is -0.492 e. The van der Waals surface area contributed by atoms with Crippen molar-refractivity contribution in [2.45, 2.75) is 39.0 Å². The highest BCUT2D eigenvalue weighted by molar-refractivity contribution is 5.89. The van der Waals surface area contributed by atoms with Gasteiger partial charge in [-0.2, -0.15) is 5.26 Å². The number of nitrogens with zero attached hydrogens (tertiary/aromatic N) is 2. The van der Waals surface area contributed by atoms with Gasteiger partial charge in [0.1, 0.15) is 11.8 Å². The summed E-state index contributed by atoms with van der Waals surface area (Å²) in [6.45, 7) is 8.12. The number of anilines is 1. The van der Waals surface area contributed by atoms with Crippen molar-refractivity contribution in [2.24, 2.45) is 0 Å². The van der Waals surface area contributed by atoms with Crippen LogP contribution in [0, 0.1) is 11.3 Å². The monoisotopic (exact) mass is 346 g/mol. The molecule has 1 aliphatic rings. The maximum Gasteiger partial charge on any atom is 0.319 e. The van der Waals surface area contributed by atoms with Gasteiger partial charge in [0.15, 0.2) is 0 Å². The molecule has 2 atom stereocenters. The summed E-state index contributed by atoms with van der Waals surface area (Å²) >= 11 is 0. The molecule has 0 saturated carbocycles. The van der Waals surface area contributed by atoms with E-state index < -0.39 is 0 Å². The number of rotatable bonds is 6. The van der Waals surface area contributed by atoms with E-state index in [9.17, 15) is 10.1 Å². The summed E-state index contributed by atoms with van der Waals surface area (Å²) in [5, 5.41) is 14.9. The van der Waals surface area contributed by atoms with Crippen LogP contribution >= 0.6 is 0 Å². The maximum atomic E-state index is 12.3. The van der Waals surface area contributed by atoms with E-state index in [-0.39, 0.29) is 18.2 Å². The molecule has 0 radical (unpaired) electrons. The van der Waals surface area contributed by atoms with Gasteiger partial charge in [0.05, 0.1) is 24.3 Å². The molecular weight excluding hydrogens is 320 g/mol. The van der Waals surface area contributed by atoms with Gasteiger partial charge in [0.2, 0.25) is 0 Å². The van der Waals surface area contributed by atoms with Crippen molar-refractivity contribution in [3.8, 4) is 11.8 Å². The van der Waals surface area contributed by atoms with Gasteiger partial charge in [-0.3, -0.25) is 4.90 Å². The second-order valence-corrected chi connectivity index (χ2v) is 6.28. The number of ether oxygens (including phenoxy) is 2. The molecule has 25 heavy (non-hydrogen) atoms. The van der Waals surface area contributed by atoms with Gasteiger partial charge in [0, 0.05) is 31.9 Å². The molecule has 0 aromatic heterocycles. The molecule has 1 saturated heterocycles. The first-order valence-electron chi connectivity index (χ1n) is 8.49. The standard InChI is InChI=1S/C18H26N4O3/c1-5-25-16-7-6-14(8-13(16)9-19)20-18(23)21-15-10-22(12(2)3)11-17(15)24-4/h6-8,12,15,17H,5,10-11H2,1-4H3,(H2,20,21,23)/t15-,17-/m0/s1. The summed E-state index contributed by atoms with van der Waals surface area (Å²) in [4.78, 5) is 14.6. The van der Waals surface area contributed by atoms with E-state index in [1.54, 1.807) is 25.3 Å². The number of carbonyl (C=O) groups is 1. The lowest BCUT2D eigenvalue weighted by Gasteiger charge is -2.20. The van der Waals surface area contributed by atoms with Gasteiger partial charge in [0.25, 0.3) is 0 Å². The molecule has 7 nitrogen and oxygen atoms in total. The second-order valence-electron chi connectivity index (χ2n) is 6.28. The van der Waals surface area contributed by atoms with Crippen molar-refractivity contribution < 1.29 is 14.3 Å². The van der Waals surface area contributed by atoms with Gasteiger partial charge in [-0.15, -0.1) is 0 Å². The lowest BCUT2D eigenvalue weighted by Crippen LogP contribution is -2.45. The van der Waals surface area contributed by atoms with Crippen LogP contribution in [0.2, 0.25) is 0 Å². The first kappa shape index (κ1) is 19.0. The highest BCUT2D eigenvalue weighted by Gasteiger charge is 2.34. The number of carbonyl (C=O) groups excluding carboxylic acids is 1. The maximum absolute atomic E-state index is 12.3. The van der Waals surface area contributed by atoms with Crippen LogP contribution in [0.3, 0.4) is 0 Å². The Morgan fingerprint density at radius 3 is 2.80 bits per heavy atom. The van der Waals surface area contributed by atoms with Crippen LogP contribution in [-0.2, 0) is 4.74 Å². The number of methoxy groups -OCH3 is 1. The SMILES string of the molecule is CCOc1ccc(NC(=O)N[C@H]2CN(C(C)C)C[C@@H]2OC)cc1C#N. The summed E-state index contributed by atoms with van der Waals surface area (Å²) < 4.78 is 10.9. The normalized spacial score (nSPS) is 20.3. The topological polar surface area (TPSA) is 86.6 Å². The molecule has 1 heterocycles. The highest BCUT2D eigenvalue weighted by Crippen LogP contribution is 2.22. The third-order valence-corrected chi connectivity index (χ3v) is 4.30. The molecule has 1 aromatic rings. The van der Waals surface area contributed by atoms with E-state index in [1.165, 1.54) is 0 Å². The Hall–Kier alpha value is -2.30. The van der Waals surface area contributed by atoms with Crippen molar-refractivity contribution in [2.75, 3.05) is 32.1 Å². The molecule has 1 aromatic carbocycles.